The first kappa shape index (κ1) is 10.9. The van der Waals surface area contributed by atoms with Crippen LogP contribution in [0.5, 0.6) is 0 Å². The summed E-state index contributed by atoms with van der Waals surface area (Å²) in [6.07, 6.45) is 1.35. The van der Waals surface area contributed by atoms with Crippen molar-refractivity contribution in [2.24, 2.45) is 16.8 Å². The zero-order valence-electron chi connectivity index (χ0n) is 7.32. The number of hydrogen-bond acceptors (Lipinski definition) is 3. The lowest BCUT2D eigenvalue weighted by Crippen LogP contribution is -2.24. The molecule has 5 nitrogen and oxygen atoms in total. The van der Waals surface area contributed by atoms with E-state index in [4.69, 9.17) is 10.9 Å². The summed E-state index contributed by atoms with van der Waals surface area (Å²) in [4.78, 5) is 14.3. The van der Waals surface area contributed by atoms with E-state index in [-0.39, 0.29) is 18.4 Å². The quantitative estimate of drug-likeness (QED) is 0.236. The Labute approximate surface area is 71.6 Å². The number of carboxylic acids is 1. The second-order valence-corrected chi connectivity index (χ2v) is 2.85. The predicted molar refractivity (Wildman–Crippen MR) is 46.7 cm³/mol. The molecule has 12 heavy (non-hydrogen) atoms. The first-order valence-corrected chi connectivity index (χ1v) is 3.77. The van der Waals surface area contributed by atoms with E-state index in [1.807, 2.05) is 13.8 Å². The molecular formula is C7H15N3O2. The van der Waals surface area contributed by atoms with E-state index in [2.05, 4.69) is 10.4 Å². The average Bonchev–Trinajstić information content (AvgIpc) is 1.96. The van der Waals surface area contributed by atoms with Gasteiger partial charge < -0.3 is 10.5 Å². The summed E-state index contributed by atoms with van der Waals surface area (Å²) in [6.45, 7) is 3.84. The fourth-order valence-corrected chi connectivity index (χ4v) is 0.778. The highest BCUT2D eigenvalue weighted by Crippen LogP contribution is 2.09. The molecule has 0 fully saturated rings. The van der Waals surface area contributed by atoms with Crippen molar-refractivity contribution in [3.63, 3.8) is 0 Å². The molecule has 0 aliphatic rings. The molecule has 0 bridgehead atoms. The summed E-state index contributed by atoms with van der Waals surface area (Å²) in [5.74, 6) is 4.32. The first-order chi connectivity index (χ1) is 5.57. The van der Waals surface area contributed by atoms with Crippen LogP contribution in [0.15, 0.2) is 4.99 Å². The molecule has 0 aromatic rings. The van der Waals surface area contributed by atoms with E-state index >= 15 is 0 Å². The lowest BCUT2D eigenvalue weighted by molar-refractivity contribution is -0.137. The summed E-state index contributed by atoms with van der Waals surface area (Å²) < 4.78 is 0. The number of aliphatic carboxylic acids is 1. The van der Waals surface area contributed by atoms with Crippen LogP contribution >= 0.6 is 0 Å². The molecule has 70 valence electrons. The number of aliphatic imine (C=N–C) groups is 1. The van der Waals surface area contributed by atoms with E-state index < -0.39 is 5.97 Å². The highest BCUT2D eigenvalue weighted by atomic mass is 16.4. The van der Waals surface area contributed by atoms with Crippen LogP contribution in [0, 0.1) is 5.92 Å². The van der Waals surface area contributed by atoms with Gasteiger partial charge in [0.2, 0.25) is 0 Å². The van der Waals surface area contributed by atoms with Crippen LogP contribution in [-0.2, 0) is 4.79 Å². The highest BCUT2D eigenvalue weighted by molar-refractivity contribution is 5.68. The molecule has 1 atom stereocenters. The Bertz CT molecular complexity index is 168. The van der Waals surface area contributed by atoms with Crippen molar-refractivity contribution >= 4 is 12.3 Å². The third-order valence-corrected chi connectivity index (χ3v) is 1.49. The van der Waals surface area contributed by atoms with Gasteiger partial charge in [0.1, 0.15) is 0 Å². The standard InChI is InChI=1S/C7H15N3O2/c1-5(2)6(3-7(11)12)9-4-10-8/h4-6H,3,8H2,1-2H3,(H,9,10)(H,11,12). The van der Waals surface area contributed by atoms with E-state index in [1.165, 1.54) is 6.34 Å². The molecule has 0 aromatic carbocycles. The number of carbonyl (C=O) groups is 1. The fourth-order valence-electron chi connectivity index (χ4n) is 0.778. The maximum atomic E-state index is 10.4. The van der Waals surface area contributed by atoms with Crippen LogP contribution in [0.4, 0.5) is 0 Å². The molecule has 0 aromatic heterocycles. The Morgan fingerprint density at radius 2 is 2.33 bits per heavy atom. The van der Waals surface area contributed by atoms with Gasteiger partial charge in [-0.05, 0) is 5.92 Å². The zero-order valence-corrected chi connectivity index (χ0v) is 7.32. The third-order valence-electron chi connectivity index (χ3n) is 1.49. The minimum atomic E-state index is -0.845. The van der Waals surface area contributed by atoms with E-state index in [0.717, 1.165) is 0 Å². The molecule has 0 aliphatic heterocycles. The summed E-state index contributed by atoms with van der Waals surface area (Å²) in [5.41, 5.74) is 2.24. The Balaban J connectivity index is 4.04. The third kappa shape index (κ3) is 4.68. The van der Waals surface area contributed by atoms with Gasteiger partial charge in [-0.25, -0.2) is 5.84 Å². The second-order valence-electron chi connectivity index (χ2n) is 2.85. The molecule has 0 heterocycles. The zero-order chi connectivity index (χ0) is 9.56. The lowest BCUT2D eigenvalue weighted by Gasteiger charge is -2.12. The first-order valence-electron chi connectivity index (χ1n) is 3.77. The molecule has 0 radical (unpaired) electrons. The van der Waals surface area contributed by atoms with Gasteiger partial charge in [-0.3, -0.25) is 9.79 Å². The minimum Gasteiger partial charge on any atom is -0.481 e. The van der Waals surface area contributed by atoms with Gasteiger partial charge in [-0.2, -0.15) is 0 Å². The molecule has 4 N–H and O–H groups in total. The molecule has 0 saturated carbocycles. The molecule has 1 unspecified atom stereocenters. The molecule has 0 amide bonds. The van der Waals surface area contributed by atoms with Gasteiger partial charge in [-0.1, -0.05) is 13.8 Å². The number of hydrogen-bond donors (Lipinski definition) is 3. The number of nitrogens with zero attached hydrogens (tertiary/aromatic N) is 1. The van der Waals surface area contributed by atoms with Crippen molar-refractivity contribution in [3.05, 3.63) is 0 Å². The van der Waals surface area contributed by atoms with Crippen LogP contribution in [0.25, 0.3) is 0 Å². The van der Waals surface area contributed by atoms with Crippen molar-refractivity contribution < 1.29 is 9.90 Å². The van der Waals surface area contributed by atoms with Gasteiger partial charge >= 0.3 is 5.97 Å². The number of nitrogens with one attached hydrogen (secondary N) is 1. The smallest absolute Gasteiger partial charge is 0.305 e. The molecule has 0 aliphatic carbocycles. The highest BCUT2D eigenvalue weighted by Gasteiger charge is 2.14. The van der Waals surface area contributed by atoms with Crippen LogP contribution in [0.1, 0.15) is 20.3 Å². The molecule has 0 spiro atoms. The van der Waals surface area contributed by atoms with Crippen LogP contribution in [0.3, 0.4) is 0 Å². The number of hydrazine groups is 1. The Morgan fingerprint density at radius 1 is 1.75 bits per heavy atom. The van der Waals surface area contributed by atoms with Gasteiger partial charge in [0, 0.05) is 0 Å². The van der Waals surface area contributed by atoms with Gasteiger partial charge in [-0.15, -0.1) is 0 Å². The summed E-state index contributed by atoms with van der Waals surface area (Å²) in [6, 6.07) is -0.210. The van der Waals surface area contributed by atoms with Gasteiger partial charge in [0.15, 0.2) is 0 Å². The van der Waals surface area contributed by atoms with E-state index in [1.54, 1.807) is 0 Å². The van der Waals surface area contributed by atoms with Crippen molar-refractivity contribution in [2.45, 2.75) is 26.3 Å². The monoisotopic (exact) mass is 173 g/mol. The summed E-state index contributed by atoms with van der Waals surface area (Å²) in [5, 5.41) is 8.51. The van der Waals surface area contributed by atoms with E-state index in [0.29, 0.717) is 0 Å². The van der Waals surface area contributed by atoms with Crippen LogP contribution < -0.4 is 11.3 Å². The van der Waals surface area contributed by atoms with Crippen molar-refractivity contribution in [2.75, 3.05) is 0 Å². The predicted octanol–water partition coefficient (Wildman–Crippen LogP) is -0.0227. The average molecular weight is 173 g/mol. The fraction of sp³-hybridized carbons (Fsp3) is 0.714. The summed E-state index contributed by atoms with van der Waals surface area (Å²) in [7, 11) is 0. The molecule has 0 saturated heterocycles. The second kappa shape index (κ2) is 5.54. The Kier molecular flexibility index (Phi) is 5.03. The number of carboxylic acid groups (broad SMARTS) is 1. The van der Waals surface area contributed by atoms with Crippen molar-refractivity contribution in [1.29, 1.82) is 0 Å². The normalized spacial score (nSPS) is 13.7. The van der Waals surface area contributed by atoms with Gasteiger partial charge in [0.25, 0.3) is 0 Å². The topological polar surface area (TPSA) is 87.7 Å². The maximum Gasteiger partial charge on any atom is 0.305 e. The lowest BCUT2D eigenvalue weighted by atomic mass is 10.0. The number of nitrogens with two attached hydrogens (primary N) is 1. The minimum absolute atomic E-state index is 0.0375. The van der Waals surface area contributed by atoms with Gasteiger partial charge in [0.05, 0.1) is 18.8 Å². The largest absolute Gasteiger partial charge is 0.481 e. The van der Waals surface area contributed by atoms with Crippen LogP contribution in [0.2, 0.25) is 0 Å². The Morgan fingerprint density at radius 3 is 2.67 bits per heavy atom. The Hall–Kier alpha value is -1.10. The summed E-state index contributed by atoms with van der Waals surface area (Å²) >= 11 is 0. The molecular weight excluding hydrogens is 158 g/mol. The maximum absolute atomic E-state index is 10.4. The van der Waals surface area contributed by atoms with Crippen LogP contribution in [-0.4, -0.2) is 23.5 Å². The van der Waals surface area contributed by atoms with E-state index in [9.17, 15) is 4.79 Å². The molecule has 5 heteroatoms. The molecule has 0 rings (SSSR count). The van der Waals surface area contributed by atoms with Crippen molar-refractivity contribution in [1.82, 2.24) is 5.43 Å². The number of rotatable bonds is 5. The SMILES string of the molecule is CC(C)C(CC(=O)O)N=CNN. The van der Waals surface area contributed by atoms with Crippen molar-refractivity contribution in [3.8, 4) is 0 Å².